The van der Waals surface area contributed by atoms with Crippen LogP contribution < -0.4 is 16.8 Å². The van der Waals surface area contributed by atoms with Crippen LogP contribution in [0.25, 0.3) is 0 Å². The second-order valence-corrected chi connectivity index (χ2v) is 7.39. The fourth-order valence-corrected chi connectivity index (χ4v) is 3.61. The smallest absolute Gasteiger partial charge is 0.332 e. The average Bonchev–Trinajstić information content (AvgIpc) is 2.63. The first-order valence-electron chi connectivity index (χ1n) is 9.38. The van der Waals surface area contributed by atoms with Crippen LogP contribution in [-0.4, -0.2) is 20.9 Å². The first-order valence-corrected chi connectivity index (χ1v) is 9.38. The maximum Gasteiger partial charge on any atom is 0.332 e. The van der Waals surface area contributed by atoms with Crippen molar-refractivity contribution in [2.75, 3.05) is 11.1 Å². The lowest BCUT2D eigenvalue weighted by atomic mass is 9.83. The topological polar surface area (TPSA) is 133 Å². The van der Waals surface area contributed by atoms with E-state index in [1.54, 1.807) is 6.07 Å². The van der Waals surface area contributed by atoms with Gasteiger partial charge in [0.25, 0.3) is 0 Å². The predicted molar refractivity (Wildman–Crippen MR) is 105 cm³/mol. The van der Waals surface area contributed by atoms with Gasteiger partial charge in [-0.15, -0.1) is 0 Å². The number of rotatable bonds is 6. The summed E-state index contributed by atoms with van der Waals surface area (Å²) in [6.45, 7) is 2.17. The Morgan fingerprint density at radius 3 is 2.68 bits per heavy atom. The first-order chi connectivity index (χ1) is 13.3. The van der Waals surface area contributed by atoms with Gasteiger partial charge in [-0.3, -0.25) is 10.1 Å². The molecule has 0 aliphatic heterocycles. The molecule has 8 nitrogen and oxygen atoms in total. The second-order valence-electron chi connectivity index (χ2n) is 7.39. The molecule has 0 atom stereocenters. The molecule has 0 radical (unpaired) electrons. The number of aromatic nitrogens is 2. The number of hydrogen-bond donors (Lipinski definition) is 3. The highest BCUT2D eigenvalue weighted by Crippen LogP contribution is 2.32. The molecule has 1 aliphatic rings. The summed E-state index contributed by atoms with van der Waals surface area (Å²) in [5, 5.41) is 14.5. The molecule has 2 aromatic rings. The van der Waals surface area contributed by atoms with E-state index < -0.39 is 4.92 Å². The molecule has 1 fully saturated rings. The van der Waals surface area contributed by atoms with Gasteiger partial charge in [0.15, 0.2) is 0 Å². The van der Waals surface area contributed by atoms with Crippen molar-refractivity contribution in [1.29, 1.82) is 0 Å². The third-order valence-corrected chi connectivity index (χ3v) is 5.29. The van der Waals surface area contributed by atoms with Gasteiger partial charge in [-0.2, -0.15) is 4.98 Å². The number of nitro groups is 1. The first kappa shape index (κ1) is 19.9. The summed E-state index contributed by atoms with van der Waals surface area (Å²) in [5.74, 6) is -0.0101. The number of nitrogen functional groups attached to an aromatic ring is 1. The Labute approximate surface area is 162 Å². The lowest BCUT2D eigenvalue weighted by molar-refractivity contribution is -0.385. The highest BCUT2D eigenvalue weighted by atomic mass is 19.1. The zero-order valence-electron chi connectivity index (χ0n) is 15.8. The van der Waals surface area contributed by atoms with Crippen molar-refractivity contribution in [2.45, 2.75) is 51.6 Å². The number of benzene rings is 1. The maximum absolute atomic E-state index is 13.5. The summed E-state index contributed by atoms with van der Waals surface area (Å²) >= 11 is 0. The van der Waals surface area contributed by atoms with Crippen LogP contribution in [0.4, 0.5) is 21.8 Å². The molecule has 0 bridgehead atoms. The molecule has 28 heavy (non-hydrogen) atoms. The van der Waals surface area contributed by atoms with Crippen LogP contribution in [0.15, 0.2) is 18.2 Å². The largest absolute Gasteiger partial charge is 0.378 e. The normalized spacial score (nSPS) is 19.4. The van der Waals surface area contributed by atoms with Crippen LogP contribution in [0.3, 0.4) is 0 Å². The molecule has 0 saturated heterocycles. The number of anilines is 2. The average molecular weight is 388 g/mol. The summed E-state index contributed by atoms with van der Waals surface area (Å²) in [6, 6.07) is 4.72. The monoisotopic (exact) mass is 388 g/mol. The summed E-state index contributed by atoms with van der Waals surface area (Å²) in [4.78, 5) is 19.3. The minimum absolute atomic E-state index is 0.166. The van der Waals surface area contributed by atoms with Gasteiger partial charge in [0.1, 0.15) is 11.5 Å². The number of hydrogen-bond acceptors (Lipinski definition) is 7. The van der Waals surface area contributed by atoms with Crippen molar-refractivity contribution in [3.8, 4) is 0 Å². The van der Waals surface area contributed by atoms with Gasteiger partial charge in [-0.05, 0) is 68.2 Å². The molecule has 1 aromatic heterocycles. The number of halogens is 1. The molecule has 9 heteroatoms. The van der Waals surface area contributed by atoms with E-state index >= 15 is 0 Å². The fourth-order valence-electron chi connectivity index (χ4n) is 3.61. The molecule has 0 spiro atoms. The highest BCUT2D eigenvalue weighted by molar-refractivity contribution is 5.58. The Hall–Kier alpha value is -2.81. The van der Waals surface area contributed by atoms with Crippen molar-refractivity contribution in [3.63, 3.8) is 0 Å². The van der Waals surface area contributed by atoms with Crippen molar-refractivity contribution < 1.29 is 9.31 Å². The van der Waals surface area contributed by atoms with Crippen LogP contribution in [0.2, 0.25) is 0 Å². The molecule has 150 valence electrons. The van der Waals surface area contributed by atoms with Gasteiger partial charge in [-0.25, -0.2) is 9.37 Å². The van der Waals surface area contributed by atoms with Crippen LogP contribution >= 0.6 is 0 Å². The summed E-state index contributed by atoms with van der Waals surface area (Å²) < 4.78 is 13.5. The fraction of sp³-hybridized carbons (Fsp3) is 0.474. The SMILES string of the molecule is Cc1ccc(F)cc1CNc1nc(N)c([N+](=O)[O-])c(C[C@H]2CC[C@H](N)CC2)n1. The Morgan fingerprint density at radius 2 is 2.00 bits per heavy atom. The lowest BCUT2D eigenvalue weighted by Gasteiger charge is -2.25. The highest BCUT2D eigenvalue weighted by Gasteiger charge is 2.27. The van der Waals surface area contributed by atoms with Gasteiger partial charge < -0.3 is 16.8 Å². The molecule has 1 saturated carbocycles. The quantitative estimate of drug-likeness (QED) is 0.511. The van der Waals surface area contributed by atoms with Gasteiger partial charge in [0.2, 0.25) is 11.8 Å². The summed E-state index contributed by atoms with van der Waals surface area (Å²) in [5.41, 5.74) is 13.6. The van der Waals surface area contributed by atoms with Gasteiger partial charge in [0, 0.05) is 12.6 Å². The zero-order valence-corrected chi connectivity index (χ0v) is 15.8. The predicted octanol–water partition coefficient (Wildman–Crippen LogP) is 3.09. The third kappa shape index (κ3) is 4.72. The van der Waals surface area contributed by atoms with E-state index in [0.717, 1.165) is 36.8 Å². The van der Waals surface area contributed by atoms with E-state index in [4.69, 9.17) is 11.5 Å². The Bertz CT molecular complexity index is 868. The summed E-state index contributed by atoms with van der Waals surface area (Å²) in [7, 11) is 0. The molecule has 0 amide bonds. The van der Waals surface area contributed by atoms with E-state index in [2.05, 4.69) is 15.3 Å². The van der Waals surface area contributed by atoms with Crippen molar-refractivity contribution in [2.24, 2.45) is 11.7 Å². The van der Waals surface area contributed by atoms with E-state index in [0.29, 0.717) is 18.7 Å². The molecule has 1 heterocycles. The molecular weight excluding hydrogens is 363 g/mol. The minimum Gasteiger partial charge on any atom is -0.378 e. The van der Waals surface area contributed by atoms with E-state index in [1.165, 1.54) is 12.1 Å². The van der Waals surface area contributed by atoms with Crippen LogP contribution in [-0.2, 0) is 13.0 Å². The zero-order chi connectivity index (χ0) is 20.3. The molecule has 1 aliphatic carbocycles. The lowest BCUT2D eigenvalue weighted by Crippen LogP contribution is -2.27. The number of aryl methyl sites for hydroxylation is 1. The molecular formula is C19H25FN6O2. The van der Waals surface area contributed by atoms with Crippen molar-refractivity contribution in [1.82, 2.24) is 9.97 Å². The number of nitrogens with two attached hydrogens (primary N) is 2. The molecule has 5 N–H and O–H groups in total. The molecule has 1 aromatic carbocycles. The Morgan fingerprint density at radius 1 is 1.29 bits per heavy atom. The Kier molecular flexibility index (Phi) is 6.03. The standard InChI is InChI=1S/C19H25FN6O2/c1-11-2-5-14(20)9-13(11)10-23-19-24-16(17(26(27)28)18(22)25-19)8-12-3-6-15(21)7-4-12/h2,5,9,12,15H,3-4,6-8,10,21H2,1H3,(H3,22,23,24,25)/t12-,15-. The summed E-state index contributed by atoms with van der Waals surface area (Å²) in [6.07, 6.45) is 4.09. The van der Waals surface area contributed by atoms with Gasteiger partial charge >= 0.3 is 5.69 Å². The van der Waals surface area contributed by atoms with Gasteiger partial charge in [0.05, 0.1) is 4.92 Å². The Balaban J connectivity index is 1.81. The third-order valence-electron chi connectivity index (χ3n) is 5.29. The van der Waals surface area contributed by atoms with Crippen LogP contribution in [0.5, 0.6) is 0 Å². The van der Waals surface area contributed by atoms with Gasteiger partial charge in [-0.1, -0.05) is 6.07 Å². The van der Waals surface area contributed by atoms with E-state index in [9.17, 15) is 14.5 Å². The number of nitrogens with zero attached hydrogens (tertiary/aromatic N) is 3. The van der Waals surface area contributed by atoms with Crippen molar-refractivity contribution in [3.05, 3.63) is 51.0 Å². The van der Waals surface area contributed by atoms with Crippen LogP contribution in [0, 0.1) is 28.8 Å². The van der Waals surface area contributed by atoms with Crippen molar-refractivity contribution >= 4 is 17.5 Å². The second kappa shape index (κ2) is 8.47. The minimum atomic E-state index is -0.528. The van der Waals surface area contributed by atoms with Crippen LogP contribution in [0.1, 0.15) is 42.5 Å². The van der Waals surface area contributed by atoms with E-state index in [-0.39, 0.29) is 35.2 Å². The van der Waals surface area contributed by atoms with E-state index in [1.807, 2.05) is 6.92 Å². The molecule has 0 unspecified atom stereocenters. The maximum atomic E-state index is 13.5. The number of nitrogens with one attached hydrogen (secondary N) is 1. The molecule has 3 rings (SSSR count).